The molecule has 0 aliphatic carbocycles. The van der Waals surface area contributed by atoms with E-state index in [1.54, 1.807) is 36.4 Å². The number of sulfonamides is 1. The van der Waals surface area contributed by atoms with Crippen molar-refractivity contribution in [3.05, 3.63) is 59.7 Å². The molecule has 0 saturated heterocycles. The topological polar surface area (TPSA) is 122 Å². The first-order valence-electron chi connectivity index (χ1n) is 9.78. The molecule has 0 bridgehead atoms. The van der Waals surface area contributed by atoms with Crippen LogP contribution in [-0.2, 0) is 14.8 Å². The number of carbonyl (C=O) groups is 3. The second kappa shape index (κ2) is 9.71. The van der Waals surface area contributed by atoms with Crippen LogP contribution >= 0.6 is 0 Å². The summed E-state index contributed by atoms with van der Waals surface area (Å²) < 4.78 is 32.2. The molecule has 2 N–H and O–H groups in total. The van der Waals surface area contributed by atoms with Gasteiger partial charge in [-0.3, -0.25) is 19.3 Å². The van der Waals surface area contributed by atoms with Crippen LogP contribution in [0, 0.1) is 0 Å². The zero-order valence-corrected chi connectivity index (χ0v) is 17.8. The minimum atomic E-state index is -3.71. The van der Waals surface area contributed by atoms with Crippen molar-refractivity contribution in [1.29, 1.82) is 0 Å². The van der Waals surface area contributed by atoms with E-state index in [-0.39, 0.29) is 31.0 Å². The third-order valence-electron chi connectivity index (χ3n) is 4.62. The smallest absolute Gasteiger partial charge is 0.261 e. The number of nitrogens with one attached hydrogen (secondary N) is 2. The Bertz CT molecular complexity index is 1050. The van der Waals surface area contributed by atoms with Gasteiger partial charge in [0.15, 0.2) is 0 Å². The summed E-state index contributed by atoms with van der Waals surface area (Å²) in [5.74, 6) is -0.656. The van der Waals surface area contributed by atoms with E-state index in [1.807, 2.05) is 6.92 Å². The Morgan fingerprint density at radius 1 is 0.968 bits per heavy atom. The van der Waals surface area contributed by atoms with Crippen molar-refractivity contribution in [3.8, 4) is 5.75 Å². The van der Waals surface area contributed by atoms with Gasteiger partial charge in [-0.25, -0.2) is 13.1 Å². The summed E-state index contributed by atoms with van der Waals surface area (Å²) in [5, 5.41) is 2.57. The molecule has 0 atom stereocenters. The molecule has 1 aliphatic heterocycles. The molecule has 3 amide bonds. The van der Waals surface area contributed by atoms with Crippen LogP contribution in [0.25, 0.3) is 0 Å². The van der Waals surface area contributed by atoms with E-state index in [0.29, 0.717) is 23.5 Å². The summed E-state index contributed by atoms with van der Waals surface area (Å²) in [5.41, 5.74) is 0.660. The van der Waals surface area contributed by atoms with Crippen molar-refractivity contribution in [2.45, 2.75) is 18.2 Å². The summed E-state index contributed by atoms with van der Waals surface area (Å²) in [6.07, 6.45) is -0.0723. The Morgan fingerprint density at radius 3 is 2.16 bits per heavy atom. The van der Waals surface area contributed by atoms with Gasteiger partial charge in [0.25, 0.3) is 11.8 Å². The lowest BCUT2D eigenvalue weighted by Gasteiger charge is -2.13. The van der Waals surface area contributed by atoms with Crippen LogP contribution in [0.15, 0.2) is 53.4 Å². The van der Waals surface area contributed by atoms with Gasteiger partial charge < -0.3 is 10.1 Å². The molecule has 0 fully saturated rings. The van der Waals surface area contributed by atoms with Gasteiger partial charge in [-0.05, 0) is 43.3 Å². The van der Waals surface area contributed by atoms with E-state index in [4.69, 9.17) is 4.74 Å². The molecule has 3 rings (SSSR count). The molecule has 0 aromatic heterocycles. The van der Waals surface area contributed by atoms with Gasteiger partial charge in [-0.1, -0.05) is 12.1 Å². The zero-order valence-electron chi connectivity index (χ0n) is 17.0. The molecule has 1 aliphatic rings. The third-order valence-corrected chi connectivity index (χ3v) is 6.10. The molecule has 9 nitrogen and oxygen atoms in total. The van der Waals surface area contributed by atoms with Gasteiger partial charge in [0.05, 0.1) is 22.6 Å². The summed E-state index contributed by atoms with van der Waals surface area (Å²) in [7, 11) is -3.71. The number of imide groups is 1. The number of ether oxygens (including phenoxy) is 1. The Balaban J connectivity index is 1.41. The van der Waals surface area contributed by atoms with Crippen LogP contribution in [0.3, 0.4) is 0 Å². The molecule has 0 radical (unpaired) electrons. The highest BCUT2D eigenvalue weighted by atomic mass is 32.2. The standard InChI is InChI=1S/C21H23N3O6S/c1-2-30-15-7-9-16(10-8-15)31(28,29)23-13-12-22-19(25)11-14-24-20(26)17-5-3-4-6-18(17)21(24)27/h3-10,23H,2,11-14H2,1H3,(H,22,25). The number of nitrogens with zero attached hydrogens (tertiary/aromatic N) is 1. The first-order chi connectivity index (χ1) is 14.8. The fraction of sp³-hybridized carbons (Fsp3) is 0.286. The van der Waals surface area contributed by atoms with Crippen LogP contribution < -0.4 is 14.8 Å². The molecule has 2 aromatic rings. The molecule has 0 spiro atoms. The molecule has 164 valence electrons. The van der Waals surface area contributed by atoms with Crippen molar-refractivity contribution >= 4 is 27.7 Å². The van der Waals surface area contributed by atoms with E-state index in [9.17, 15) is 22.8 Å². The Kier molecular flexibility index (Phi) is 7.03. The molecule has 1 heterocycles. The Morgan fingerprint density at radius 2 is 1.58 bits per heavy atom. The average molecular weight is 445 g/mol. The van der Waals surface area contributed by atoms with Crippen LogP contribution in [0.4, 0.5) is 0 Å². The second-order valence-corrected chi connectivity index (χ2v) is 8.48. The van der Waals surface area contributed by atoms with E-state index in [1.165, 1.54) is 12.1 Å². The lowest BCUT2D eigenvalue weighted by atomic mass is 10.1. The lowest BCUT2D eigenvalue weighted by Crippen LogP contribution is -2.37. The largest absolute Gasteiger partial charge is 0.494 e. The van der Waals surface area contributed by atoms with Crippen molar-refractivity contribution in [1.82, 2.24) is 14.9 Å². The number of benzene rings is 2. The molecule has 10 heteroatoms. The van der Waals surface area contributed by atoms with Crippen molar-refractivity contribution in [2.24, 2.45) is 0 Å². The normalized spacial score (nSPS) is 13.3. The number of hydrogen-bond donors (Lipinski definition) is 2. The maximum absolute atomic E-state index is 12.3. The van der Waals surface area contributed by atoms with E-state index in [2.05, 4.69) is 10.0 Å². The Labute approximate surface area is 180 Å². The van der Waals surface area contributed by atoms with Gasteiger partial charge in [0, 0.05) is 26.1 Å². The third kappa shape index (κ3) is 5.28. The van der Waals surface area contributed by atoms with Gasteiger partial charge in [-0.15, -0.1) is 0 Å². The zero-order chi connectivity index (χ0) is 22.4. The summed E-state index contributed by atoms with van der Waals surface area (Å²) in [4.78, 5) is 37.7. The van der Waals surface area contributed by atoms with Gasteiger partial charge in [0.1, 0.15) is 5.75 Å². The number of hydrogen-bond acceptors (Lipinski definition) is 6. The van der Waals surface area contributed by atoms with Crippen molar-refractivity contribution in [3.63, 3.8) is 0 Å². The fourth-order valence-electron chi connectivity index (χ4n) is 3.10. The van der Waals surface area contributed by atoms with Crippen molar-refractivity contribution in [2.75, 3.05) is 26.2 Å². The summed E-state index contributed by atoms with van der Waals surface area (Å²) in [6.45, 7) is 2.33. The SMILES string of the molecule is CCOc1ccc(S(=O)(=O)NCCNC(=O)CCN2C(=O)c3ccccc3C2=O)cc1. The number of rotatable bonds is 10. The number of carbonyl (C=O) groups excluding carboxylic acids is 3. The molecule has 0 unspecified atom stereocenters. The fourth-order valence-corrected chi connectivity index (χ4v) is 4.13. The molecule has 2 aromatic carbocycles. The van der Waals surface area contributed by atoms with Crippen LogP contribution in [0.5, 0.6) is 5.75 Å². The first kappa shape index (κ1) is 22.4. The monoisotopic (exact) mass is 445 g/mol. The number of fused-ring (bicyclic) bond motifs is 1. The molecular formula is C21H23N3O6S. The maximum Gasteiger partial charge on any atom is 0.261 e. The first-order valence-corrected chi connectivity index (χ1v) is 11.3. The highest BCUT2D eigenvalue weighted by molar-refractivity contribution is 7.89. The quantitative estimate of drug-likeness (QED) is 0.418. The lowest BCUT2D eigenvalue weighted by molar-refractivity contribution is -0.121. The van der Waals surface area contributed by atoms with Crippen LogP contribution in [0.2, 0.25) is 0 Å². The summed E-state index contributed by atoms with van der Waals surface area (Å²) in [6, 6.07) is 12.5. The van der Waals surface area contributed by atoms with E-state index in [0.717, 1.165) is 4.90 Å². The highest BCUT2D eigenvalue weighted by Crippen LogP contribution is 2.22. The maximum atomic E-state index is 12.3. The Hall–Kier alpha value is -3.24. The van der Waals surface area contributed by atoms with Crippen LogP contribution in [-0.4, -0.2) is 57.3 Å². The molecular weight excluding hydrogens is 422 g/mol. The average Bonchev–Trinajstić information content (AvgIpc) is 3.00. The molecule has 0 saturated carbocycles. The molecule has 31 heavy (non-hydrogen) atoms. The van der Waals surface area contributed by atoms with E-state index >= 15 is 0 Å². The minimum absolute atomic E-state index is 0.00565. The van der Waals surface area contributed by atoms with Crippen LogP contribution in [0.1, 0.15) is 34.1 Å². The highest BCUT2D eigenvalue weighted by Gasteiger charge is 2.34. The van der Waals surface area contributed by atoms with Gasteiger partial charge in [0.2, 0.25) is 15.9 Å². The number of amides is 3. The van der Waals surface area contributed by atoms with Gasteiger partial charge >= 0.3 is 0 Å². The van der Waals surface area contributed by atoms with E-state index < -0.39 is 27.7 Å². The minimum Gasteiger partial charge on any atom is -0.494 e. The predicted octanol–water partition coefficient (Wildman–Crippen LogP) is 1.17. The second-order valence-electron chi connectivity index (χ2n) is 6.71. The predicted molar refractivity (Wildman–Crippen MR) is 112 cm³/mol. The summed E-state index contributed by atoms with van der Waals surface area (Å²) >= 11 is 0. The van der Waals surface area contributed by atoms with Gasteiger partial charge in [-0.2, -0.15) is 0 Å². The van der Waals surface area contributed by atoms with Crippen molar-refractivity contribution < 1.29 is 27.5 Å².